The predicted molar refractivity (Wildman–Crippen MR) is 96.0 cm³/mol. The van der Waals surface area contributed by atoms with Gasteiger partial charge in [0.1, 0.15) is 0 Å². The fourth-order valence-electron chi connectivity index (χ4n) is 1.21. The molecule has 0 saturated carbocycles. The molecule has 0 aliphatic rings. The third kappa shape index (κ3) is 7.87. The second-order valence-corrected chi connectivity index (χ2v) is 4.50. The summed E-state index contributed by atoms with van der Waals surface area (Å²) in [6.07, 6.45) is 15.6. The van der Waals surface area contributed by atoms with E-state index >= 15 is 0 Å². The zero-order valence-corrected chi connectivity index (χ0v) is 13.1. The average Bonchev–Trinajstić information content (AvgIpc) is 2.52. The van der Waals surface area contributed by atoms with Gasteiger partial charge in [-0.15, -0.1) is 0 Å². The Bertz CT molecular complexity index is 526. The second-order valence-electron chi connectivity index (χ2n) is 3.73. The molecular formula is C18H19NO2S. The first-order chi connectivity index (χ1) is 10.6. The SMILES string of the molecule is C=C/C=C\C(=C/C=C)C(=O)NSC(=O)C(/C=C\C=C)=C/C=C. The zero-order valence-electron chi connectivity index (χ0n) is 12.3. The first kappa shape index (κ1) is 19.4. The number of carbonyl (C=O) groups is 2. The molecule has 0 aromatic carbocycles. The van der Waals surface area contributed by atoms with E-state index in [0.717, 1.165) is 0 Å². The number of allylic oxidation sites excluding steroid dienone is 9. The van der Waals surface area contributed by atoms with Crippen molar-refractivity contribution in [1.29, 1.82) is 0 Å². The maximum absolute atomic E-state index is 12.0. The number of carbonyl (C=O) groups excluding carboxylic acids is 2. The minimum atomic E-state index is -0.401. The average molecular weight is 313 g/mol. The molecular weight excluding hydrogens is 294 g/mol. The van der Waals surface area contributed by atoms with E-state index in [4.69, 9.17) is 0 Å². The van der Waals surface area contributed by atoms with Gasteiger partial charge in [-0.1, -0.05) is 81.0 Å². The van der Waals surface area contributed by atoms with Gasteiger partial charge in [-0.2, -0.15) is 0 Å². The van der Waals surface area contributed by atoms with E-state index in [1.54, 1.807) is 48.6 Å². The van der Waals surface area contributed by atoms with Crippen molar-refractivity contribution in [2.75, 3.05) is 0 Å². The third-order valence-corrected chi connectivity index (χ3v) is 2.86. The van der Waals surface area contributed by atoms with Crippen molar-refractivity contribution in [2.24, 2.45) is 0 Å². The number of hydrogen-bond donors (Lipinski definition) is 1. The van der Waals surface area contributed by atoms with Crippen molar-refractivity contribution < 1.29 is 9.59 Å². The Kier molecular flexibility index (Phi) is 10.7. The number of rotatable bonds is 8. The fourth-order valence-corrected chi connectivity index (χ4v) is 1.76. The standard InChI is InChI=1S/C18H19NO2S/c1-5-9-13-15(11-7-3)17(20)19-22-18(21)16(12-8-4)14-10-6-2/h5-14H,1-4H2,(H,19,20)/b13-9-,14-10-,15-11+,16-12+. The highest BCUT2D eigenvalue weighted by molar-refractivity contribution is 8.12. The topological polar surface area (TPSA) is 46.2 Å². The van der Waals surface area contributed by atoms with E-state index in [9.17, 15) is 9.59 Å². The lowest BCUT2D eigenvalue weighted by atomic mass is 10.2. The first-order valence-electron chi connectivity index (χ1n) is 6.35. The molecule has 0 aromatic heterocycles. The molecule has 3 nitrogen and oxygen atoms in total. The molecule has 0 radical (unpaired) electrons. The molecule has 4 heteroatoms. The van der Waals surface area contributed by atoms with E-state index < -0.39 is 5.91 Å². The van der Waals surface area contributed by atoms with Crippen molar-refractivity contribution >= 4 is 23.0 Å². The highest BCUT2D eigenvalue weighted by Gasteiger charge is 2.11. The molecule has 0 fully saturated rings. The summed E-state index contributed by atoms with van der Waals surface area (Å²) >= 11 is 0.696. The Hall–Kier alpha value is -2.59. The van der Waals surface area contributed by atoms with Crippen LogP contribution in [-0.2, 0) is 9.59 Å². The Morgan fingerprint density at radius 1 is 0.773 bits per heavy atom. The van der Waals surface area contributed by atoms with Crippen LogP contribution >= 0.6 is 11.9 Å². The van der Waals surface area contributed by atoms with Crippen molar-refractivity contribution in [2.45, 2.75) is 0 Å². The van der Waals surface area contributed by atoms with Gasteiger partial charge in [-0.25, -0.2) is 0 Å². The third-order valence-electron chi connectivity index (χ3n) is 2.15. The number of nitrogens with one attached hydrogen (secondary N) is 1. The Balaban J connectivity index is 4.89. The van der Waals surface area contributed by atoms with Gasteiger partial charge in [0.05, 0.1) is 0 Å². The molecule has 0 aromatic rings. The number of amides is 1. The quantitative estimate of drug-likeness (QED) is 0.419. The van der Waals surface area contributed by atoms with Crippen LogP contribution in [-0.4, -0.2) is 11.0 Å². The molecule has 0 aliphatic heterocycles. The summed E-state index contributed by atoms with van der Waals surface area (Å²) in [7, 11) is 0. The molecule has 0 heterocycles. The largest absolute Gasteiger partial charge is 0.289 e. The maximum Gasteiger partial charge on any atom is 0.261 e. The highest BCUT2D eigenvalue weighted by atomic mass is 32.2. The van der Waals surface area contributed by atoms with Gasteiger partial charge in [-0.3, -0.25) is 14.3 Å². The van der Waals surface area contributed by atoms with Crippen LogP contribution in [0.5, 0.6) is 0 Å². The molecule has 114 valence electrons. The summed E-state index contributed by atoms with van der Waals surface area (Å²) in [6, 6.07) is 0. The normalized spacial score (nSPS) is 12.2. The second kappa shape index (κ2) is 12.2. The minimum absolute atomic E-state index is 0.308. The summed E-state index contributed by atoms with van der Waals surface area (Å²) in [4.78, 5) is 24.0. The van der Waals surface area contributed by atoms with Crippen LogP contribution in [0.25, 0.3) is 0 Å². The zero-order chi connectivity index (χ0) is 16.8. The molecule has 0 aliphatic carbocycles. The van der Waals surface area contributed by atoms with Gasteiger partial charge >= 0.3 is 0 Å². The van der Waals surface area contributed by atoms with Crippen molar-refractivity contribution in [1.82, 2.24) is 4.72 Å². The lowest BCUT2D eigenvalue weighted by Crippen LogP contribution is -2.19. The fraction of sp³-hybridized carbons (Fsp3) is 0. The molecule has 1 N–H and O–H groups in total. The molecule has 0 unspecified atom stereocenters. The van der Waals surface area contributed by atoms with Gasteiger partial charge in [0.15, 0.2) is 0 Å². The smallest absolute Gasteiger partial charge is 0.261 e. The van der Waals surface area contributed by atoms with Crippen LogP contribution in [0.15, 0.2) is 98.2 Å². The summed E-state index contributed by atoms with van der Waals surface area (Å²) in [5, 5.41) is -0.308. The van der Waals surface area contributed by atoms with Gasteiger partial charge < -0.3 is 0 Å². The maximum atomic E-state index is 12.0. The highest BCUT2D eigenvalue weighted by Crippen LogP contribution is 2.11. The van der Waals surface area contributed by atoms with Crippen LogP contribution in [0.1, 0.15) is 0 Å². The molecule has 0 bridgehead atoms. The molecule has 0 rings (SSSR count). The lowest BCUT2D eigenvalue weighted by molar-refractivity contribution is -0.115. The molecule has 1 amide bonds. The van der Waals surface area contributed by atoms with E-state index in [1.165, 1.54) is 12.2 Å². The van der Waals surface area contributed by atoms with Gasteiger partial charge in [-0.05, 0) is 6.08 Å². The van der Waals surface area contributed by atoms with Crippen LogP contribution in [0.4, 0.5) is 0 Å². The van der Waals surface area contributed by atoms with Gasteiger partial charge in [0, 0.05) is 23.1 Å². The Labute approximate surface area is 136 Å². The summed E-state index contributed by atoms with van der Waals surface area (Å²) < 4.78 is 2.48. The van der Waals surface area contributed by atoms with Crippen molar-refractivity contribution in [3.63, 3.8) is 0 Å². The van der Waals surface area contributed by atoms with Gasteiger partial charge in [0.25, 0.3) is 5.91 Å². The van der Waals surface area contributed by atoms with Crippen LogP contribution < -0.4 is 4.72 Å². The van der Waals surface area contributed by atoms with E-state index in [1.807, 2.05) is 0 Å². The monoisotopic (exact) mass is 313 g/mol. The van der Waals surface area contributed by atoms with Crippen molar-refractivity contribution in [3.8, 4) is 0 Å². The predicted octanol–water partition coefficient (Wildman–Crippen LogP) is 3.99. The summed E-state index contributed by atoms with van der Waals surface area (Å²) in [5.74, 6) is -0.401. The van der Waals surface area contributed by atoms with Gasteiger partial charge in [0.2, 0.25) is 5.12 Å². The van der Waals surface area contributed by atoms with E-state index in [0.29, 0.717) is 23.1 Å². The lowest BCUT2D eigenvalue weighted by Gasteiger charge is -2.04. The first-order valence-corrected chi connectivity index (χ1v) is 7.17. The summed E-state index contributed by atoms with van der Waals surface area (Å²) in [5.41, 5.74) is 0.766. The van der Waals surface area contributed by atoms with E-state index in [2.05, 4.69) is 31.0 Å². The molecule has 22 heavy (non-hydrogen) atoms. The minimum Gasteiger partial charge on any atom is -0.289 e. The number of hydrogen-bond acceptors (Lipinski definition) is 3. The van der Waals surface area contributed by atoms with Crippen LogP contribution in [0.3, 0.4) is 0 Å². The summed E-state index contributed by atoms with van der Waals surface area (Å²) in [6.45, 7) is 14.2. The van der Waals surface area contributed by atoms with E-state index in [-0.39, 0.29) is 5.12 Å². The van der Waals surface area contributed by atoms with Crippen LogP contribution in [0, 0.1) is 0 Å². The molecule has 0 spiro atoms. The van der Waals surface area contributed by atoms with Crippen LogP contribution in [0.2, 0.25) is 0 Å². The Morgan fingerprint density at radius 2 is 1.27 bits per heavy atom. The molecule has 0 saturated heterocycles. The van der Waals surface area contributed by atoms with Crippen molar-refractivity contribution in [3.05, 3.63) is 98.2 Å². The molecule has 0 atom stereocenters. The Morgan fingerprint density at radius 3 is 1.77 bits per heavy atom.